The molecule has 0 saturated carbocycles. The summed E-state index contributed by atoms with van der Waals surface area (Å²) in [5, 5.41) is 0. The minimum Gasteiger partial charge on any atom is -0.207 e. The van der Waals surface area contributed by atoms with Gasteiger partial charge in [-0.15, -0.1) is 4.48 Å². The summed E-state index contributed by atoms with van der Waals surface area (Å²) in [6, 6.07) is 13.8. The molecule has 0 heterocycles. The highest BCUT2D eigenvalue weighted by Gasteiger charge is 2.23. The van der Waals surface area contributed by atoms with E-state index in [2.05, 4.69) is 0 Å². The van der Waals surface area contributed by atoms with Gasteiger partial charge >= 0.3 is 0 Å². The van der Waals surface area contributed by atoms with Crippen molar-refractivity contribution in [3.63, 3.8) is 0 Å². The Morgan fingerprint density at radius 3 is 2.18 bits per heavy atom. The van der Waals surface area contributed by atoms with E-state index in [0.29, 0.717) is 12.8 Å². The van der Waals surface area contributed by atoms with Gasteiger partial charge in [-0.05, 0) is 53.6 Å². The molecule has 0 amide bonds. The van der Waals surface area contributed by atoms with E-state index >= 15 is 0 Å². The molecule has 3 nitrogen and oxygen atoms in total. The minimum absolute atomic E-state index is 0.175. The number of benzene rings is 2. The highest BCUT2D eigenvalue weighted by Crippen LogP contribution is 2.17. The highest BCUT2D eigenvalue weighted by molar-refractivity contribution is 7.89. The van der Waals surface area contributed by atoms with Crippen LogP contribution >= 0.6 is 0 Å². The van der Waals surface area contributed by atoms with Crippen LogP contribution in [0.1, 0.15) is 18.4 Å². The third-order valence-electron chi connectivity index (χ3n) is 3.26. The molecule has 0 aliphatic heterocycles. The lowest BCUT2D eigenvalue weighted by Gasteiger charge is -2.12. The first kappa shape index (κ1) is 16.6. The third kappa shape index (κ3) is 4.35. The Hall–Kier alpha value is -1.79. The van der Waals surface area contributed by atoms with Crippen molar-refractivity contribution < 1.29 is 17.3 Å². The molecule has 0 fully saturated rings. The molecule has 0 spiro atoms. The Bertz CT molecular complexity index is 688. The fraction of sp³-hybridized carbons (Fsp3) is 0.250. The zero-order chi connectivity index (χ0) is 16.0. The first-order valence-corrected chi connectivity index (χ1v) is 8.42. The van der Waals surface area contributed by atoms with Crippen molar-refractivity contribution in [3.8, 4) is 0 Å². The number of hydrogen-bond acceptors (Lipinski definition) is 2. The Morgan fingerprint density at radius 1 is 0.909 bits per heavy atom. The predicted octanol–water partition coefficient (Wildman–Crippen LogP) is 3.72. The van der Waals surface area contributed by atoms with Gasteiger partial charge in [-0.25, -0.2) is 12.8 Å². The average molecular weight is 325 g/mol. The van der Waals surface area contributed by atoms with Crippen LogP contribution in [0.25, 0.3) is 0 Å². The summed E-state index contributed by atoms with van der Waals surface area (Å²) >= 11 is 0. The lowest BCUT2D eigenvalue weighted by Crippen LogP contribution is -2.24. The minimum atomic E-state index is -4.20. The van der Waals surface area contributed by atoms with Crippen molar-refractivity contribution >= 4 is 10.0 Å². The molecule has 2 aromatic carbocycles. The van der Waals surface area contributed by atoms with Gasteiger partial charge in [0.2, 0.25) is 0 Å². The number of rotatable bonds is 7. The number of aryl methyl sites for hydroxylation is 1. The molecule has 0 aliphatic carbocycles. The van der Waals surface area contributed by atoms with Crippen molar-refractivity contribution in [1.29, 1.82) is 0 Å². The fourth-order valence-electron chi connectivity index (χ4n) is 2.05. The van der Waals surface area contributed by atoms with Crippen LogP contribution in [-0.4, -0.2) is 19.5 Å². The molecule has 0 bridgehead atoms. The Balaban J connectivity index is 1.86. The number of sulfonamides is 1. The Labute approximate surface area is 129 Å². The van der Waals surface area contributed by atoms with E-state index in [0.717, 1.165) is 36.2 Å². The maximum Gasteiger partial charge on any atom is 0.269 e. The van der Waals surface area contributed by atoms with Crippen LogP contribution in [0.3, 0.4) is 0 Å². The average Bonchev–Trinajstić information content (AvgIpc) is 2.52. The number of unbranched alkanes of at least 4 members (excludes halogenated alkanes) is 1. The van der Waals surface area contributed by atoms with Crippen molar-refractivity contribution in [2.75, 3.05) is 6.54 Å². The predicted molar refractivity (Wildman–Crippen MR) is 80.8 cm³/mol. The number of halogens is 2. The second kappa shape index (κ2) is 7.47. The van der Waals surface area contributed by atoms with Crippen LogP contribution in [0.2, 0.25) is 0 Å². The largest absolute Gasteiger partial charge is 0.269 e. The van der Waals surface area contributed by atoms with E-state index in [1.54, 1.807) is 0 Å². The van der Waals surface area contributed by atoms with Gasteiger partial charge in [0.05, 0.1) is 4.90 Å². The van der Waals surface area contributed by atoms with Crippen LogP contribution in [-0.2, 0) is 16.4 Å². The summed E-state index contributed by atoms with van der Waals surface area (Å²) in [7, 11) is -4.20. The smallest absolute Gasteiger partial charge is 0.207 e. The second-order valence-electron chi connectivity index (χ2n) is 4.91. The highest BCUT2D eigenvalue weighted by atomic mass is 32.2. The zero-order valence-electron chi connectivity index (χ0n) is 12.0. The van der Waals surface area contributed by atoms with Crippen molar-refractivity contribution in [1.82, 2.24) is 4.53 Å². The second-order valence-corrected chi connectivity index (χ2v) is 6.73. The zero-order valence-corrected chi connectivity index (χ0v) is 12.8. The van der Waals surface area contributed by atoms with Gasteiger partial charge in [0.1, 0.15) is 5.82 Å². The van der Waals surface area contributed by atoms with Crippen LogP contribution in [0, 0.1) is 5.82 Å². The van der Waals surface area contributed by atoms with Crippen LogP contribution in [0.5, 0.6) is 0 Å². The van der Waals surface area contributed by atoms with Crippen molar-refractivity contribution in [2.24, 2.45) is 0 Å². The van der Waals surface area contributed by atoms with Crippen LogP contribution in [0.4, 0.5) is 8.87 Å². The summed E-state index contributed by atoms with van der Waals surface area (Å²) in [4.78, 5) is -0.251. The first-order valence-electron chi connectivity index (χ1n) is 6.98. The monoisotopic (exact) mass is 325 g/mol. The molecule has 22 heavy (non-hydrogen) atoms. The van der Waals surface area contributed by atoms with E-state index in [9.17, 15) is 17.3 Å². The Morgan fingerprint density at radius 2 is 1.55 bits per heavy atom. The standard InChI is InChI=1S/C16H17F2NO2S/c17-15-9-11-16(12-10-15)22(20,21)19(18)13-5-4-8-14-6-2-1-3-7-14/h1-3,6-7,9-12H,4-5,8,13H2. The molecule has 0 atom stereocenters. The van der Waals surface area contributed by atoms with Gasteiger partial charge in [-0.3, -0.25) is 0 Å². The van der Waals surface area contributed by atoms with Crippen molar-refractivity contribution in [3.05, 3.63) is 66.0 Å². The lowest BCUT2D eigenvalue weighted by molar-refractivity contribution is 0.136. The molecule has 0 N–H and O–H groups in total. The van der Waals surface area contributed by atoms with E-state index < -0.39 is 15.8 Å². The summed E-state index contributed by atoms with van der Waals surface area (Å²) in [6.07, 6.45) is 1.86. The summed E-state index contributed by atoms with van der Waals surface area (Å²) in [6.45, 7) is -0.216. The van der Waals surface area contributed by atoms with E-state index in [4.69, 9.17) is 0 Å². The summed E-state index contributed by atoms with van der Waals surface area (Å²) in [5.41, 5.74) is 1.13. The number of nitrogens with zero attached hydrogens (tertiary/aromatic N) is 1. The molecule has 0 unspecified atom stereocenters. The van der Waals surface area contributed by atoms with E-state index in [1.165, 1.54) is 0 Å². The fourth-order valence-corrected chi connectivity index (χ4v) is 3.13. The molecule has 2 aromatic rings. The van der Waals surface area contributed by atoms with Gasteiger partial charge in [-0.2, -0.15) is 0 Å². The normalized spacial score (nSPS) is 11.8. The summed E-state index contributed by atoms with van der Waals surface area (Å²) in [5.74, 6) is -0.563. The van der Waals surface area contributed by atoms with E-state index in [1.807, 2.05) is 30.3 Å². The molecular weight excluding hydrogens is 308 g/mol. The van der Waals surface area contributed by atoms with Gasteiger partial charge in [0.25, 0.3) is 10.0 Å². The molecule has 0 aromatic heterocycles. The lowest BCUT2D eigenvalue weighted by atomic mass is 10.1. The quantitative estimate of drug-likeness (QED) is 0.575. The van der Waals surface area contributed by atoms with E-state index in [-0.39, 0.29) is 16.0 Å². The molecule has 0 saturated heterocycles. The molecule has 118 valence electrons. The van der Waals surface area contributed by atoms with Gasteiger partial charge in [0.15, 0.2) is 0 Å². The molecule has 6 heteroatoms. The Kier molecular flexibility index (Phi) is 5.63. The molecule has 0 radical (unpaired) electrons. The van der Waals surface area contributed by atoms with Gasteiger partial charge < -0.3 is 0 Å². The number of hydrogen-bond donors (Lipinski definition) is 0. The first-order chi connectivity index (χ1) is 10.5. The molecule has 2 rings (SSSR count). The van der Waals surface area contributed by atoms with Crippen LogP contribution in [0.15, 0.2) is 59.5 Å². The third-order valence-corrected chi connectivity index (χ3v) is 4.84. The van der Waals surface area contributed by atoms with Gasteiger partial charge in [0, 0.05) is 6.54 Å². The van der Waals surface area contributed by atoms with Crippen LogP contribution < -0.4 is 0 Å². The topological polar surface area (TPSA) is 37.4 Å². The summed E-state index contributed by atoms with van der Waals surface area (Å²) < 4.78 is 50.3. The van der Waals surface area contributed by atoms with Gasteiger partial charge in [-0.1, -0.05) is 30.3 Å². The maximum absolute atomic E-state index is 13.8. The maximum atomic E-state index is 13.8. The van der Waals surface area contributed by atoms with Crippen molar-refractivity contribution in [2.45, 2.75) is 24.2 Å². The SMILES string of the molecule is O=S(=O)(c1ccc(F)cc1)N(F)CCCCc1ccccc1. The molecular formula is C16H17F2NO2S. The molecule has 0 aliphatic rings.